The molecule has 0 atom stereocenters. The van der Waals surface area contributed by atoms with Gasteiger partial charge in [0.15, 0.2) is 0 Å². The van der Waals surface area contributed by atoms with Gasteiger partial charge >= 0.3 is 0 Å². The van der Waals surface area contributed by atoms with Crippen molar-refractivity contribution >= 4 is 0 Å². The summed E-state index contributed by atoms with van der Waals surface area (Å²) in [5.41, 5.74) is 29.5. The summed E-state index contributed by atoms with van der Waals surface area (Å²) in [6.45, 7) is 199. The van der Waals surface area contributed by atoms with Crippen molar-refractivity contribution in [3.63, 3.8) is 0 Å². The van der Waals surface area contributed by atoms with Gasteiger partial charge in [-0.2, -0.15) is 0 Å². The minimum atomic E-state index is 0.127. The van der Waals surface area contributed by atoms with E-state index in [1.165, 1.54) is 66.9 Å². The molecule has 0 bridgehead atoms. The Morgan fingerprint density at radius 1 is 0.243 bits per heavy atom. The van der Waals surface area contributed by atoms with E-state index in [0.29, 0.717) is 108 Å². The molecule has 2 saturated carbocycles. The molecule has 3 aliphatic rings. The fourth-order valence-electron chi connectivity index (χ4n) is 12.9. The first-order valence-corrected chi connectivity index (χ1v) is 55.0. The molecular weight excluding hydrogens is 1680 g/mol. The Morgan fingerprint density at radius 2 is 0.436 bits per heavy atom. The van der Waals surface area contributed by atoms with Crippen LogP contribution in [0, 0.1) is 160 Å². The van der Waals surface area contributed by atoms with Gasteiger partial charge in [0.1, 0.15) is 0 Å². The van der Waals surface area contributed by atoms with Crippen molar-refractivity contribution in [2.24, 2.45) is 136 Å². The highest BCUT2D eigenvalue weighted by Gasteiger charge is 2.72. The lowest BCUT2D eigenvalue weighted by Gasteiger charge is -2.76. The van der Waals surface area contributed by atoms with E-state index in [1.54, 1.807) is 11.1 Å². The van der Waals surface area contributed by atoms with E-state index in [9.17, 15) is 0 Å². The van der Waals surface area contributed by atoms with Crippen LogP contribution in [0.15, 0.2) is 127 Å². The Hall–Kier alpha value is -3.74. The van der Waals surface area contributed by atoms with Crippen molar-refractivity contribution in [1.29, 1.82) is 0 Å². The summed E-state index contributed by atoms with van der Waals surface area (Å²) in [4.78, 5) is 0. The Balaban J connectivity index is -0.000000113. The maximum absolute atomic E-state index is 3.21. The van der Waals surface area contributed by atoms with Gasteiger partial charge in [0.2, 0.25) is 0 Å². The fraction of sp³-hybridized carbons (Fsp3) is 0.814. The minimum absolute atomic E-state index is 0.127. The largest absolute Gasteiger partial charge is 0.106 e. The molecule has 0 aromatic carbocycles. The third-order valence-corrected chi connectivity index (χ3v) is 36.2. The second-order valence-corrected chi connectivity index (χ2v) is 62.7. The van der Waals surface area contributed by atoms with Crippen LogP contribution >= 0.6 is 0 Å². The van der Waals surface area contributed by atoms with Crippen LogP contribution in [-0.2, 0) is 0 Å². The highest BCUT2D eigenvalue weighted by molar-refractivity contribution is 5.36. The van der Waals surface area contributed by atoms with E-state index in [0.717, 1.165) is 5.92 Å². The van der Waals surface area contributed by atoms with Gasteiger partial charge in [-0.05, 0) is 366 Å². The van der Waals surface area contributed by atoms with Gasteiger partial charge in [0.25, 0.3) is 0 Å². The van der Waals surface area contributed by atoms with Gasteiger partial charge in [0.05, 0.1) is 0 Å². The van der Waals surface area contributed by atoms with Crippen LogP contribution in [0.5, 0.6) is 0 Å². The van der Waals surface area contributed by atoms with Crippen molar-refractivity contribution < 1.29 is 0 Å². The van der Waals surface area contributed by atoms with E-state index < -0.39 is 0 Å². The first-order chi connectivity index (χ1) is 60.0. The van der Waals surface area contributed by atoms with E-state index in [1.807, 2.05) is 78.0 Å². The second-order valence-electron chi connectivity index (χ2n) is 62.7. The first kappa shape index (κ1) is 164. The molecule has 0 nitrogen and oxygen atoms in total. The average molecular weight is 1960 g/mol. The molecule has 0 heteroatoms. The molecule has 0 aromatic rings. The van der Waals surface area contributed by atoms with Gasteiger partial charge in [0, 0.05) is 16.2 Å². The molecule has 0 heterocycles. The number of rotatable bonds is 4. The lowest BCUT2D eigenvalue weighted by molar-refractivity contribution is -0.283. The molecule has 0 aromatic heterocycles. The topological polar surface area (TPSA) is 0 Å². The smallest absolute Gasteiger partial charge is 0.0306 e. The summed E-state index contributed by atoms with van der Waals surface area (Å²) in [7, 11) is 0. The van der Waals surface area contributed by atoms with Crippen molar-refractivity contribution in [3.8, 4) is 23.7 Å². The van der Waals surface area contributed by atoms with Gasteiger partial charge in [-0.3, -0.25) is 0 Å². The highest BCUT2D eigenvalue weighted by atomic mass is 14.8. The molecule has 0 aliphatic heterocycles. The number of hydrogen-bond acceptors (Lipinski definition) is 0. The molecule has 0 spiro atoms. The molecule has 2 fully saturated rings. The van der Waals surface area contributed by atoms with Crippen LogP contribution in [0.25, 0.3) is 0 Å². The SMILES string of the molecule is C/C(=C(\C)C(C)(C)C)C(C)(C)C.CC#CC(C)(C)C(C)(C)C.CC(C)(C)C.CC(C)(C)C#CC(C)(C)C.CC(C)(C)C(C)(C)C.CC(C)(C)C(C)(C)C(C)(C)C(C)(C)C.CC(C)=C(C)C.CC(C)=C(C)C(C)(C)C.CC(C)=C(C)C(C)(C)C(C)(C)C.CC(C)=C(C)C(C)=C(C)C.CC1(C)C(C)(C)C(C)(C)C1(C)C.CC1(C)C(C)(C)C1(C)C.CC1=C(C)C1C.CC=CC.CC=CC(C)(C)C.CC=CC=CC. The first-order valence-electron chi connectivity index (χ1n) is 55.0. The second kappa shape index (κ2) is 62.7. The van der Waals surface area contributed by atoms with Crippen molar-refractivity contribution in [3.05, 3.63) is 127 Å². The lowest BCUT2D eigenvalue weighted by Crippen LogP contribution is -2.70. The van der Waals surface area contributed by atoms with E-state index in [-0.39, 0.29) is 21.7 Å². The summed E-state index contributed by atoms with van der Waals surface area (Å²) in [5, 5.41) is 0. The number of hydrogen-bond donors (Lipinski definition) is 0. The van der Waals surface area contributed by atoms with E-state index in [4.69, 9.17) is 0 Å². The highest BCUT2D eigenvalue weighted by Crippen LogP contribution is 2.78. The van der Waals surface area contributed by atoms with Crippen LogP contribution in [0.1, 0.15) is 616 Å². The average Bonchev–Trinajstić information content (AvgIpc) is 0.930. The molecule has 0 radical (unpaired) electrons. The standard InChI is InChI=1S/C14H30.3C12H24.3C10H18.2C9H18.C8H18.C7H14.C6H10.C6H12.C6H10.C5H12.C4H8/c1-11(2,3)13(7,8)14(9,10)12(4,5)6;1-9(2)10(3,4)12(7,8)11(9,5)6;1-9(11(3,4)5)10(2)12(6,7)8;1-9(2)10(3)12(7,8)11(4,5)6;1-9(2,3)7-8-10(4,5)6;1-7-8-10(5,6)9(2,3)4;1-7(2)9(5)10(6)8(3)4;1-7(2)8(3,4)9(7,5)6;1-7(2)8(3)9(4,5)6;1-7(2,3)8(4,5)6;1-5-6-7(2,3)4;1-4-5(2)6(4)3;1-5(2)6(3)4;1-3-5-6-4-2;1-5(2,3)4;1-3-4-2/h1-10H3;3*1-8H3;3*1-6H3;2*1-6H3;1-6H3;5-6H,1-4H3;4H,1-3H3;1-4H3;3-6H,1-2H3;1-4H3;3-4H,1-2H3/b;;10-9-;;;;;;;;;;;;;. The Labute approximate surface area is 896 Å². The van der Waals surface area contributed by atoms with E-state index in [2.05, 4.69) is 611 Å². The Morgan fingerprint density at radius 3 is 0.493 bits per heavy atom. The third kappa shape index (κ3) is 64.5. The van der Waals surface area contributed by atoms with Crippen molar-refractivity contribution in [1.82, 2.24) is 0 Å². The van der Waals surface area contributed by atoms with Crippen LogP contribution < -0.4 is 0 Å². The van der Waals surface area contributed by atoms with E-state index >= 15 is 0 Å². The minimum Gasteiger partial charge on any atom is -0.106 e. The van der Waals surface area contributed by atoms with Gasteiger partial charge < -0.3 is 0 Å². The van der Waals surface area contributed by atoms with Crippen molar-refractivity contribution in [2.75, 3.05) is 0 Å². The van der Waals surface area contributed by atoms with Crippen LogP contribution in [0.4, 0.5) is 0 Å². The quantitative estimate of drug-likeness (QED) is 0.150. The molecule has 140 heavy (non-hydrogen) atoms. The Kier molecular flexibility index (Phi) is 73.4. The molecule has 836 valence electrons. The zero-order valence-corrected chi connectivity index (χ0v) is 115. The molecule has 0 N–H and O–H groups in total. The van der Waals surface area contributed by atoms with Crippen molar-refractivity contribution in [2.45, 2.75) is 616 Å². The van der Waals surface area contributed by atoms with Crippen LogP contribution in [0.2, 0.25) is 0 Å². The number of allylic oxidation sites excluding steroid dienone is 22. The summed E-state index contributed by atoms with van der Waals surface area (Å²) >= 11 is 0. The van der Waals surface area contributed by atoms with Crippen LogP contribution in [-0.4, -0.2) is 0 Å². The summed E-state index contributed by atoms with van der Waals surface area (Å²) in [6, 6.07) is 0. The summed E-state index contributed by atoms with van der Waals surface area (Å²) in [6.07, 6.45) is 16.3. The summed E-state index contributed by atoms with van der Waals surface area (Å²) in [5.74, 6) is 13.5. The molecule has 0 saturated heterocycles. The zero-order valence-electron chi connectivity index (χ0n) is 115. The third-order valence-electron chi connectivity index (χ3n) is 36.2. The monoisotopic (exact) mass is 1960 g/mol. The van der Waals surface area contributed by atoms with Gasteiger partial charge in [-0.15, -0.1) is 5.92 Å². The van der Waals surface area contributed by atoms with Gasteiger partial charge in [-0.1, -0.05) is 514 Å². The molecule has 0 unspecified atom stereocenters. The maximum Gasteiger partial charge on any atom is 0.0306 e. The maximum atomic E-state index is 3.21. The van der Waals surface area contributed by atoms with Gasteiger partial charge in [-0.25, -0.2) is 0 Å². The predicted octanol–water partition coefficient (Wildman–Crippen LogP) is 50.2. The normalized spacial score (nSPS) is 16.3. The predicted molar refractivity (Wildman–Crippen MR) is 668 cm³/mol. The summed E-state index contributed by atoms with van der Waals surface area (Å²) < 4.78 is 0. The molecule has 3 aliphatic carbocycles. The lowest BCUT2D eigenvalue weighted by atomic mass is 9.28. The zero-order chi connectivity index (χ0) is 118. The molecular formula is C140H276. The molecule has 0 amide bonds. The fourth-order valence-corrected chi connectivity index (χ4v) is 12.9. The van der Waals surface area contributed by atoms with Crippen LogP contribution in [0.3, 0.4) is 0 Å². The Bertz CT molecular complexity index is 3670. The molecule has 3 rings (SSSR count).